The molecule has 1 aliphatic carbocycles. The molecule has 0 unspecified atom stereocenters. The minimum absolute atomic E-state index is 0.0325. The number of ether oxygens (including phenoxy) is 1. The number of hydrogen-bond donors (Lipinski definition) is 1. The van der Waals surface area contributed by atoms with Crippen molar-refractivity contribution in [3.05, 3.63) is 30.5 Å². The van der Waals surface area contributed by atoms with Crippen LogP contribution in [0.1, 0.15) is 32.6 Å². The Labute approximate surface area is 188 Å². The first-order chi connectivity index (χ1) is 15.7. The highest BCUT2D eigenvalue weighted by Crippen LogP contribution is 2.38. The third kappa shape index (κ3) is 3.81. The molecule has 2 fully saturated rings. The average molecular weight is 438 g/mol. The van der Waals surface area contributed by atoms with Crippen LogP contribution in [0.3, 0.4) is 0 Å². The van der Waals surface area contributed by atoms with Crippen LogP contribution in [-0.2, 0) is 4.74 Å². The average Bonchev–Trinajstić information content (AvgIpc) is 3.37. The zero-order valence-corrected chi connectivity index (χ0v) is 18.8. The summed E-state index contributed by atoms with van der Waals surface area (Å²) >= 11 is 0. The van der Waals surface area contributed by atoms with Crippen LogP contribution in [-0.4, -0.2) is 66.9 Å². The van der Waals surface area contributed by atoms with Crippen molar-refractivity contribution in [2.75, 3.05) is 60.0 Å². The number of rotatable bonds is 5. The molecular weight excluding hydrogens is 406 g/mol. The number of hydrogen-bond acceptors (Lipinski definition) is 7. The van der Waals surface area contributed by atoms with E-state index in [-0.39, 0.29) is 6.03 Å². The third-order valence-electron chi connectivity index (χ3n) is 6.57. The molecular formula is C23H31N7O2. The van der Waals surface area contributed by atoms with Gasteiger partial charge in [0.25, 0.3) is 0 Å². The van der Waals surface area contributed by atoms with Crippen LogP contribution in [0, 0.1) is 0 Å². The van der Waals surface area contributed by atoms with E-state index in [1.165, 1.54) is 18.5 Å². The van der Waals surface area contributed by atoms with Gasteiger partial charge in [-0.2, -0.15) is 4.98 Å². The van der Waals surface area contributed by atoms with E-state index in [4.69, 9.17) is 9.72 Å². The number of carbonyl (C=O) groups is 1. The molecule has 5 rings (SSSR count). The van der Waals surface area contributed by atoms with Gasteiger partial charge < -0.3 is 15.0 Å². The summed E-state index contributed by atoms with van der Waals surface area (Å²) in [6.45, 7) is 5.98. The number of benzene rings is 1. The highest BCUT2D eigenvalue weighted by atomic mass is 16.5. The molecule has 2 aromatic rings. The molecule has 32 heavy (non-hydrogen) atoms. The second-order valence-electron chi connectivity index (χ2n) is 8.51. The molecule has 2 aliphatic heterocycles. The highest BCUT2D eigenvalue weighted by Gasteiger charge is 2.39. The first-order valence-electron chi connectivity index (χ1n) is 11.6. The Morgan fingerprint density at radius 2 is 1.84 bits per heavy atom. The first-order valence-corrected chi connectivity index (χ1v) is 11.6. The maximum Gasteiger partial charge on any atom is 0.343 e. The van der Waals surface area contributed by atoms with E-state index in [1.54, 1.807) is 18.1 Å². The standard InChI is InChI=1S/C23H31N7O2/c1-3-29-23(31)27(2)20-16-24-22(26-21(20)30(29)19-6-4-5-7-19)25-17-8-10-18(11-9-17)28-12-14-32-15-13-28/h8-11,16,19H,3-7,12-15H2,1-2H3,(H,24,25,26). The van der Waals surface area contributed by atoms with Crippen molar-refractivity contribution in [3.63, 3.8) is 0 Å². The molecule has 1 saturated heterocycles. The molecule has 1 N–H and O–H groups in total. The number of urea groups is 1. The number of morpholine rings is 1. The molecule has 0 atom stereocenters. The predicted octanol–water partition coefficient (Wildman–Crippen LogP) is 3.61. The maximum absolute atomic E-state index is 13.0. The van der Waals surface area contributed by atoms with Crippen molar-refractivity contribution in [1.29, 1.82) is 0 Å². The van der Waals surface area contributed by atoms with Gasteiger partial charge >= 0.3 is 6.03 Å². The van der Waals surface area contributed by atoms with Gasteiger partial charge in [-0.15, -0.1) is 0 Å². The van der Waals surface area contributed by atoms with Gasteiger partial charge in [-0.25, -0.2) is 14.8 Å². The van der Waals surface area contributed by atoms with Crippen LogP contribution < -0.4 is 20.1 Å². The molecule has 0 spiro atoms. The number of carbonyl (C=O) groups excluding carboxylic acids is 1. The number of nitrogens with zero attached hydrogens (tertiary/aromatic N) is 6. The summed E-state index contributed by atoms with van der Waals surface area (Å²) < 4.78 is 5.44. The molecule has 2 amide bonds. The molecule has 1 aromatic carbocycles. The van der Waals surface area contributed by atoms with Crippen LogP contribution in [0.2, 0.25) is 0 Å². The SMILES string of the molecule is CCN1C(=O)N(C)c2cnc(Nc3ccc(N4CCOCC4)cc3)nc2N1C1CCCC1. The van der Waals surface area contributed by atoms with Gasteiger partial charge in [0.1, 0.15) is 5.69 Å². The monoisotopic (exact) mass is 437 g/mol. The minimum atomic E-state index is -0.0325. The lowest BCUT2D eigenvalue weighted by Crippen LogP contribution is -2.59. The number of anilines is 5. The lowest BCUT2D eigenvalue weighted by atomic mass is 10.2. The zero-order chi connectivity index (χ0) is 22.1. The Bertz CT molecular complexity index is 955. The van der Waals surface area contributed by atoms with Gasteiger partial charge in [0.15, 0.2) is 5.82 Å². The van der Waals surface area contributed by atoms with E-state index in [9.17, 15) is 4.79 Å². The highest BCUT2D eigenvalue weighted by molar-refractivity contribution is 5.98. The van der Waals surface area contributed by atoms with E-state index in [0.717, 1.165) is 56.3 Å². The molecule has 0 bridgehead atoms. The summed E-state index contributed by atoms with van der Waals surface area (Å²) in [4.78, 5) is 26.3. The van der Waals surface area contributed by atoms with Crippen LogP contribution in [0.5, 0.6) is 0 Å². The molecule has 3 aliphatic rings. The molecule has 0 radical (unpaired) electrons. The van der Waals surface area contributed by atoms with Gasteiger partial charge in [0.05, 0.1) is 25.5 Å². The van der Waals surface area contributed by atoms with E-state index in [0.29, 0.717) is 18.5 Å². The van der Waals surface area contributed by atoms with E-state index < -0.39 is 0 Å². The van der Waals surface area contributed by atoms with Crippen LogP contribution >= 0.6 is 0 Å². The van der Waals surface area contributed by atoms with Crippen molar-refractivity contribution in [2.24, 2.45) is 0 Å². The van der Waals surface area contributed by atoms with Crippen molar-refractivity contribution >= 4 is 34.9 Å². The summed E-state index contributed by atoms with van der Waals surface area (Å²) in [5.74, 6) is 1.33. The third-order valence-corrected chi connectivity index (χ3v) is 6.57. The lowest BCUT2D eigenvalue weighted by molar-refractivity contribution is 0.122. The summed E-state index contributed by atoms with van der Waals surface area (Å²) in [5.41, 5.74) is 2.87. The van der Waals surface area contributed by atoms with E-state index in [1.807, 2.05) is 11.9 Å². The molecule has 9 heteroatoms. The summed E-state index contributed by atoms with van der Waals surface area (Å²) in [6, 6.07) is 8.59. The Morgan fingerprint density at radius 1 is 1.12 bits per heavy atom. The van der Waals surface area contributed by atoms with E-state index >= 15 is 0 Å². The van der Waals surface area contributed by atoms with Gasteiger partial charge in [-0.3, -0.25) is 9.91 Å². The molecule has 170 valence electrons. The van der Waals surface area contributed by atoms with Crippen LogP contribution in [0.25, 0.3) is 0 Å². The largest absolute Gasteiger partial charge is 0.378 e. The first kappa shape index (κ1) is 20.8. The fraction of sp³-hybridized carbons (Fsp3) is 0.522. The second kappa shape index (κ2) is 8.82. The molecule has 9 nitrogen and oxygen atoms in total. The Kier molecular flexibility index (Phi) is 5.73. The molecule has 1 saturated carbocycles. The Morgan fingerprint density at radius 3 is 2.53 bits per heavy atom. The van der Waals surface area contributed by atoms with Crippen molar-refractivity contribution < 1.29 is 9.53 Å². The number of fused-ring (bicyclic) bond motifs is 1. The minimum Gasteiger partial charge on any atom is -0.378 e. The second-order valence-corrected chi connectivity index (χ2v) is 8.51. The number of nitrogens with one attached hydrogen (secondary N) is 1. The van der Waals surface area contributed by atoms with Gasteiger partial charge in [-0.05, 0) is 44.0 Å². The van der Waals surface area contributed by atoms with Gasteiger partial charge in [0.2, 0.25) is 5.95 Å². The summed E-state index contributed by atoms with van der Waals surface area (Å²) in [7, 11) is 1.79. The van der Waals surface area contributed by atoms with Crippen molar-refractivity contribution in [3.8, 4) is 0 Å². The summed E-state index contributed by atoms with van der Waals surface area (Å²) in [5, 5.41) is 7.26. The van der Waals surface area contributed by atoms with Crippen molar-refractivity contribution in [2.45, 2.75) is 38.6 Å². The van der Waals surface area contributed by atoms with E-state index in [2.05, 4.69) is 44.5 Å². The zero-order valence-electron chi connectivity index (χ0n) is 18.8. The fourth-order valence-electron chi connectivity index (χ4n) is 4.83. The van der Waals surface area contributed by atoms with Gasteiger partial charge in [0, 0.05) is 38.1 Å². The Hall–Kier alpha value is -3.07. The lowest BCUT2D eigenvalue weighted by Gasteiger charge is -2.45. The molecule has 3 heterocycles. The number of aromatic nitrogens is 2. The molecule has 1 aromatic heterocycles. The normalized spacial score (nSPS) is 19.5. The van der Waals surface area contributed by atoms with Crippen molar-refractivity contribution in [1.82, 2.24) is 15.0 Å². The number of hydrazine groups is 1. The quantitative estimate of drug-likeness (QED) is 0.766. The predicted molar refractivity (Wildman–Crippen MR) is 126 cm³/mol. The summed E-state index contributed by atoms with van der Waals surface area (Å²) in [6.07, 6.45) is 6.26. The van der Waals surface area contributed by atoms with Gasteiger partial charge in [-0.1, -0.05) is 12.8 Å². The Balaban J connectivity index is 1.40. The number of amides is 2. The fourth-order valence-corrected chi connectivity index (χ4v) is 4.83. The topological polar surface area (TPSA) is 77.1 Å². The van der Waals surface area contributed by atoms with Crippen LogP contribution in [0.15, 0.2) is 30.5 Å². The smallest absolute Gasteiger partial charge is 0.343 e. The van der Waals surface area contributed by atoms with Crippen LogP contribution in [0.4, 0.5) is 33.6 Å². The maximum atomic E-state index is 13.0.